The van der Waals surface area contributed by atoms with Gasteiger partial charge in [0.2, 0.25) is 0 Å². The summed E-state index contributed by atoms with van der Waals surface area (Å²) in [6.07, 6.45) is 2.58. The van der Waals surface area contributed by atoms with Gasteiger partial charge < -0.3 is 16.4 Å². The minimum absolute atomic E-state index is 0.161. The van der Waals surface area contributed by atoms with Gasteiger partial charge in [0.25, 0.3) is 0 Å². The van der Waals surface area contributed by atoms with Crippen LogP contribution in [-0.4, -0.2) is 33.7 Å². The summed E-state index contributed by atoms with van der Waals surface area (Å²) in [7, 11) is 0. The van der Waals surface area contributed by atoms with E-state index in [1.165, 1.54) is 4.52 Å². The molecule has 1 aliphatic rings. The highest BCUT2D eigenvalue weighted by molar-refractivity contribution is 9.10. The van der Waals surface area contributed by atoms with Gasteiger partial charge in [-0.25, -0.2) is 4.98 Å². The minimum atomic E-state index is 0.161. The minimum Gasteiger partial charge on any atom is -0.382 e. The van der Waals surface area contributed by atoms with Gasteiger partial charge in [0, 0.05) is 19.1 Å². The monoisotopic (exact) mass is 330 g/mol. The first-order chi connectivity index (χ1) is 8.58. The van der Waals surface area contributed by atoms with Gasteiger partial charge in [-0.15, -0.1) is 0 Å². The quantitative estimate of drug-likeness (QED) is 0.822. The van der Waals surface area contributed by atoms with E-state index in [0.29, 0.717) is 22.3 Å². The highest BCUT2D eigenvalue weighted by Gasteiger charge is 2.25. The molecule has 8 heteroatoms. The number of hydrogen-bond acceptors (Lipinski definition) is 5. The first-order valence-electron chi connectivity index (χ1n) is 5.56. The molecule has 96 valence electrons. The summed E-state index contributed by atoms with van der Waals surface area (Å²) in [6.45, 7) is 1.59. The van der Waals surface area contributed by atoms with Crippen LogP contribution in [0.25, 0.3) is 5.65 Å². The van der Waals surface area contributed by atoms with Gasteiger partial charge in [0.15, 0.2) is 11.5 Å². The molecule has 1 saturated heterocycles. The van der Waals surface area contributed by atoms with Gasteiger partial charge >= 0.3 is 0 Å². The molecule has 3 heterocycles. The lowest BCUT2D eigenvalue weighted by Gasteiger charge is -2.19. The molecule has 3 rings (SSSR count). The fourth-order valence-electron chi connectivity index (χ4n) is 2.15. The summed E-state index contributed by atoms with van der Waals surface area (Å²) in [6, 6.07) is 0.161. The fraction of sp³-hybridized carbons (Fsp3) is 0.400. The largest absolute Gasteiger partial charge is 0.382 e. The van der Waals surface area contributed by atoms with Gasteiger partial charge in [-0.2, -0.15) is 9.61 Å². The number of nitrogen functional groups attached to an aromatic ring is 1. The number of nitrogens with zero attached hydrogens (tertiary/aromatic N) is 4. The van der Waals surface area contributed by atoms with Crippen LogP contribution in [0.15, 0.2) is 10.7 Å². The number of nitrogens with two attached hydrogens (primary N) is 2. The third kappa shape index (κ3) is 1.73. The Labute approximate surface area is 117 Å². The Hall–Kier alpha value is -1.05. The van der Waals surface area contributed by atoms with Gasteiger partial charge in [0.1, 0.15) is 10.8 Å². The molecule has 0 saturated carbocycles. The van der Waals surface area contributed by atoms with Crippen LogP contribution >= 0.6 is 27.5 Å². The van der Waals surface area contributed by atoms with E-state index in [4.69, 9.17) is 23.1 Å². The van der Waals surface area contributed by atoms with Crippen molar-refractivity contribution < 1.29 is 0 Å². The number of aromatic nitrogens is 3. The maximum Gasteiger partial charge on any atom is 0.174 e. The van der Waals surface area contributed by atoms with Crippen LogP contribution in [0.4, 0.5) is 11.6 Å². The van der Waals surface area contributed by atoms with Crippen molar-refractivity contribution in [2.75, 3.05) is 23.7 Å². The van der Waals surface area contributed by atoms with Crippen molar-refractivity contribution in [2.24, 2.45) is 5.73 Å². The lowest BCUT2D eigenvalue weighted by Crippen LogP contribution is -2.27. The van der Waals surface area contributed by atoms with E-state index in [-0.39, 0.29) is 6.04 Å². The zero-order valence-electron chi connectivity index (χ0n) is 9.48. The third-order valence-electron chi connectivity index (χ3n) is 3.09. The maximum absolute atomic E-state index is 6.26. The van der Waals surface area contributed by atoms with E-state index < -0.39 is 0 Å². The van der Waals surface area contributed by atoms with E-state index in [2.05, 4.69) is 30.9 Å². The average molecular weight is 332 g/mol. The maximum atomic E-state index is 6.26. The summed E-state index contributed by atoms with van der Waals surface area (Å²) >= 11 is 9.66. The number of hydrogen-bond donors (Lipinski definition) is 2. The summed E-state index contributed by atoms with van der Waals surface area (Å²) in [4.78, 5) is 6.58. The molecular formula is C10H12BrClN6. The van der Waals surface area contributed by atoms with Crippen molar-refractivity contribution in [1.82, 2.24) is 14.6 Å². The van der Waals surface area contributed by atoms with E-state index in [1.54, 1.807) is 6.20 Å². The molecule has 0 radical (unpaired) electrons. The highest BCUT2D eigenvalue weighted by atomic mass is 79.9. The molecule has 4 N–H and O–H groups in total. The topological polar surface area (TPSA) is 85.5 Å². The van der Waals surface area contributed by atoms with Crippen molar-refractivity contribution >= 4 is 44.8 Å². The van der Waals surface area contributed by atoms with Gasteiger partial charge in [-0.1, -0.05) is 11.6 Å². The van der Waals surface area contributed by atoms with Crippen LogP contribution in [0.5, 0.6) is 0 Å². The second-order valence-corrected chi connectivity index (χ2v) is 5.59. The number of fused-ring (bicyclic) bond motifs is 1. The van der Waals surface area contributed by atoms with E-state index in [1.807, 2.05) is 0 Å². The Bertz CT molecular complexity index is 612. The second-order valence-electron chi connectivity index (χ2n) is 4.36. The molecular weight excluding hydrogens is 320 g/mol. The molecule has 0 bridgehead atoms. The fourth-order valence-corrected chi connectivity index (χ4v) is 2.74. The van der Waals surface area contributed by atoms with Gasteiger partial charge in [0.05, 0.1) is 10.7 Å². The smallest absolute Gasteiger partial charge is 0.174 e. The van der Waals surface area contributed by atoms with E-state index in [9.17, 15) is 0 Å². The molecule has 0 aromatic carbocycles. The molecule has 0 aliphatic carbocycles. The molecule has 18 heavy (non-hydrogen) atoms. The van der Waals surface area contributed by atoms with Crippen LogP contribution in [0, 0.1) is 0 Å². The number of halogens is 2. The van der Waals surface area contributed by atoms with Crippen molar-refractivity contribution in [3.05, 3.63) is 15.7 Å². The molecule has 0 unspecified atom stereocenters. The second kappa shape index (κ2) is 4.25. The van der Waals surface area contributed by atoms with E-state index in [0.717, 1.165) is 24.0 Å². The van der Waals surface area contributed by atoms with Crippen molar-refractivity contribution in [3.63, 3.8) is 0 Å². The number of anilines is 2. The molecule has 2 aromatic heterocycles. The normalized spacial score (nSPS) is 19.9. The summed E-state index contributed by atoms with van der Waals surface area (Å²) in [5, 5.41) is 4.54. The van der Waals surface area contributed by atoms with Crippen molar-refractivity contribution in [2.45, 2.75) is 12.5 Å². The highest BCUT2D eigenvalue weighted by Crippen LogP contribution is 2.33. The first-order valence-corrected chi connectivity index (χ1v) is 6.73. The van der Waals surface area contributed by atoms with Gasteiger partial charge in [-0.05, 0) is 22.4 Å². The Kier molecular flexibility index (Phi) is 2.84. The molecule has 1 atom stereocenters. The summed E-state index contributed by atoms with van der Waals surface area (Å²) in [5.74, 6) is 1.07. The zero-order valence-corrected chi connectivity index (χ0v) is 11.8. The molecule has 0 amide bonds. The lowest BCUT2D eigenvalue weighted by atomic mass is 10.3. The average Bonchev–Trinajstić information content (AvgIpc) is 2.91. The van der Waals surface area contributed by atoms with Crippen LogP contribution in [0.1, 0.15) is 6.42 Å². The van der Waals surface area contributed by atoms with Crippen LogP contribution < -0.4 is 16.4 Å². The predicted octanol–water partition coefficient (Wildman–Crippen LogP) is 1.26. The first kappa shape index (κ1) is 12.0. The lowest BCUT2D eigenvalue weighted by molar-refractivity contribution is 0.751. The predicted molar refractivity (Wildman–Crippen MR) is 74.9 cm³/mol. The molecule has 2 aromatic rings. The van der Waals surface area contributed by atoms with Crippen molar-refractivity contribution in [1.29, 1.82) is 0 Å². The zero-order chi connectivity index (χ0) is 12.9. The third-order valence-corrected chi connectivity index (χ3v) is 4.01. The SMILES string of the molecule is Nc1c(Cl)c(N2CC[C@@H](N)C2)nc2c(Br)cnn12. The molecule has 1 fully saturated rings. The van der Waals surface area contributed by atoms with E-state index >= 15 is 0 Å². The Morgan fingerprint density at radius 3 is 2.94 bits per heavy atom. The molecule has 6 nitrogen and oxygen atoms in total. The standard InChI is InChI=1S/C10H12BrClN6/c11-6-3-15-18-8(14)7(12)10(16-9(6)18)17-2-1-5(13)4-17/h3,5H,1-2,4,13-14H2/t5-/m1/s1. The van der Waals surface area contributed by atoms with Crippen molar-refractivity contribution in [3.8, 4) is 0 Å². The van der Waals surface area contributed by atoms with Crippen LogP contribution in [0.2, 0.25) is 5.02 Å². The summed E-state index contributed by atoms with van der Waals surface area (Å²) < 4.78 is 2.31. The summed E-state index contributed by atoms with van der Waals surface area (Å²) in [5.41, 5.74) is 12.5. The van der Waals surface area contributed by atoms with Gasteiger partial charge in [-0.3, -0.25) is 0 Å². The van der Waals surface area contributed by atoms with Crippen LogP contribution in [0.3, 0.4) is 0 Å². The Balaban J connectivity index is 2.17. The molecule has 0 spiro atoms. The van der Waals surface area contributed by atoms with Crippen LogP contribution in [-0.2, 0) is 0 Å². The molecule has 1 aliphatic heterocycles. The Morgan fingerprint density at radius 2 is 2.28 bits per heavy atom. The Morgan fingerprint density at radius 1 is 1.50 bits per heavy atom. The number of rotatable bonds is 1.